The third kappa shape index (κ3) is 4.22. The number of fused-ring (bicyclic) bond motifs is 1. The van der Waals surface area contributed by atoms with E-state index in [9.17, 15) is 9.59 Å². The summed E-state index contributed by atoms with van der Waals surface area (Å²) in [5, 5.41) is 3.59. The highest BCUT2D eigenvalue weighted by Crippen LogP contribution is 2.25. The first kappa shape index (κ1) is 19.2. The van der Waals surface area contributed by atoms with Crippen LogP contribution in [-0.2, 0) is 4.79 Å². The van der Waals surface area contributed by atoms with Crippen molar-refractivity contribution in [2.75, 3.05) is 0 Å². The largest absolute Gasteiger partial charge is 0.353 e. The normalized spacial score (nSPS) is 12.3. The minimum Gasteiger partial charge on any atom is -0.353 e. The number of aromatic nitrogens is 2. The fourth-order valence-corrected chi connectivity index (χ4v) is 3.66. The van der Waals surface area contributed by atoms with Crippen LogP contribution in [0.25, 0.3) is 16.6 Å². The Kier molecular flexibility index (Phi) is 5.65. The summed E-state index contributed by atoms with van der Waals surface area (Å²) in [5.74, 6) is -0.0761. The molecule has 0 spiro atoms. The average Bonchev–Trinajstić information content (AvgIpc) is 2.62. The van der Waals surface area contributed by atoms with Crippen molar-refractivity contribution in [2.45, 2.75) is 44.1 Å². The Morgan fingerprint density at radius 2 is 1.74 bits per heavy atom. The van der Waals surface area contributed by atoms with Crippen molar-refractivity contribution in [2.24, 2.45) is 0 Å². The van der Waals surface area contributed by atoms with Gasteiger partial charge in [0.15, 0.2) is 5.16 Å². The molecule has 3 rings (SSSR count). The first-order valence-corrected chi connectivity index (χ1v) is 9.80. The first-order valence-electron chi connectivity index (χ1n) is 8.92. The molecule has 0 aliphatic rings. The maximum Gasteiger partial charge on any atom is 0.266 e. The molecule has 27 heavy (non-hydrogen) atoms. The van der Waals surface area contributed by atoms with Gasteiger partial charge in [0.2, 0.25) is 5.91 Å². The number of carbonyl (C=O) groups excluding carboxylic acids is 1. The van der Waals surface area contributed by atoms with Crippen molar-refractivity contribution < 1.29 is 4.79 Å². The van der Waals surface area contributed by atoms with E-state index in [1.54, 1.807) is 10.6 Å². The molecule has 140 valence electrons. The highest BCUT2D eigenvalue weighted by molar-refractivity contribution is 8.00. The number of thioether (sulfide) groups is 1. The highest BCUT2D eigenvalue weighted by Gasteiger charge is 2.20. The number of nitrogens with zero attached hydrogens (tertiary/aromatic N) is 2. The molecule has 1 aromatic heterocycles. The fraction of sp³-hybridized carbons (Fsp3) is 0.286. The molecule has 1 amide bonds. The van der Waals surface area contributed by atoms with Gasteiger partial charge in [-0.3, -0.25) is 14.2 Å². The Morgan fingerprint density at radius 3 is 2.41 bits per heavy atom. The Morgan fingerprint density at radius 1 is 1.07 bits per heavy atom. The lowest BCUT2D eigenvalue weighted by Gasteiger charge is -2.17. The summed E-state index contributed by atoms with van der Waals surface area (Å²) >= 11 is 1.29. The van der Waals surface area contributed by atoms with Crippen molar-refractivity contribution in [1.29, 1.82) is 0 Å². The van der Waals surface area contributed by atoms with Crippen molar-refractivity contribution in [3.63, 3.8) is 0 Å². The molecule has 2 aromatic carbocycles. The van der Waals surface area contributed by atoms with E-state index in [0.717, 1.165) is 11.3 Å². The Balaban J connectivity index is 2.12. The number of para-hydroxylation sites is 1. The second-order valence-corrected chi connectivity index (χ2v) is 8.12. The van der Waals surface area contributed by atoms with Gasteiger partial charge in [-0.25, -0.2) is 4.98 Å². The number of rotatable bonds is 5. The van der Waals surface area contributed by atoms with Gasteiger partial charge >= 0.3 is 0 Å². The minimum atomic E-state index is -0.378. The Labute approximate surface area is 162 Å². The summed E-state index contributed by atoms with van der Waals surface area (Å²) in [7, 11) is 0. The van der Waals surface area contributed by atoms with E-state index in [1.165, 1.54) is 11.8 Å². The monoisotopic (exact) mass is 381 g/mol. The van der Waals surface area contributed by atoms with Crippen LogP contribution in [0.3, 0.4) is 0 Å². The van der Waals surface area contributed by atoms with Gasteiger partial charge in [0.05, 0.1) is 21.8 Å². The molecule has 0 saturated heterocycles. The highest BCUT2D eigenvalue weighted by atomic mass is 32.2. The minimum absolute atomic E-state index is 0.0596. The lowest BCUT2D eigenvalue weighted by molar-refractivity contribution is -0.120. The Bertz CT molecular complexity index is 1030. The second-order valence-electron chi connectivity index (χ2n) is 6.81. The molecule has 0 aliphatic heterocycles. The van der Waals surface area contributed by atoms with Crippen molar-refractivity contribution in [1.82, 2.24) is 14.9 Å². The van der Waals surface area contributed by atoms with E-state index < -0.39 is 0 Å². The van der Waals surface area contributed by atoms with Crippen molar-refractivity contribution in [3.05, 3.63) is 64.4 Å². The molecule has 0 saturated carbocycles. The van der Waals surface area contributed by atoms with E-state index in [1.807, 2.05) is 70.2 Å². The number of aryl methyl sites for hydroxylation is 1. The predicted octanol–water partition coefficient (Wildman–Crippen LogP) is 3.70. The molecule has 1 unspecified atom stereocenters. The third-order valence-electron chi connectivity index (χ3n) is 4.12. The molecule has 1 atom stereocenters. The number of hydrogen-bond acceptors (Lipinski definition) is 4. The summed E-state index contributed by atoms with van der Waals surface area (Å²) in [4.78, 5) is 30.2. The lowest BCUT2D eigenvalue weighted by Crippen LogP contribution is -2.36. The van der Waals surface area contributed by atoms with Crippen LogP contribution in [0.1, 0.15) is 26.3 Å². The number of amides is 1. The van der Waals surface area contributed by atoms with Gasteiger partial charge in [0.25, 0.3) is 5.56 Å². The standard InChI is InChI=1S/C21H23N3O2S/c1-13(2)22-19(25)15(4)27-21-23-18-8-6-5-7-17(18)20(26)24(21)16-11-9-14(3)10-12-16/h5-13,15H,1-4H3,(H,22,25). The number of hydrogen-bond donors (Lipinski definition) is 1. The lowest BCUT2D eigenvalue weighted by atomic mass is 10.2. The maximum absolute atomic E-state index is 13.2. The maximum atomic E-state index is 13.2. The molecule has 0 aliphatic carbocycles. The van der Waals surface area contributed by atoms with Crippen LogP contribution in [0.5, 0.6) is 0 Å². The van der Waals surface area contributed by atoms with Crippen LogP contribution in [0.2, 0.25) is 0 Å². The van der Waals surface area contributed by atoms with Gasteiger partial charge in [-0.05, 0) is 52.0 Å². The van der Waals surface area contributed by atoms with Crippen molar-refractivity contribution in [3.8, 4) is 5.69 Å². The molecule has 1 N–H and O–H groups in total. The van der Waals surface area contributed by atoms with E-state index >= 15 is 0 Å². The molecular weight excluding hydrogens is 358 g/mol. The summed E-state index contributed by atoms with van der Waals surface area (Å²) in [6.07, 6.45) is 0. The second kappa shape index (κ2) is 7.96. The van der Waals surface area contributed by atoms with Crippen LogP contribution >= 0.6 is 11.8 Å². The van der Waals surface area contributed by atoms with Gasteiger partial charge in [0.1, 0.15) is 0 Å². The van der Waals surface area contributed by atoms with Crippen LogP contribution in [0, 0.1) is 6.92 Å². The molecule has 0 bridgehead atoms. The molecule has 3 aromatic rings. The van der Waals surface area contributed by atoms with Gasteiger partial charge in [-0.1, -0.05) is 41.6 Å². The zero-order valence-corrected chi connectivity index (χ0v) is 16.7. The topological polar surface area (TPSA) is 64.0 Å². The van der Waals surface area contributed by atoms with Crippen LogP contribution < -0.4 is 10.9 Å². The third-order valence-corrected chi connectivity index (χ3v) is 5.17. The summed E-state index contributed by atoms with van der Waals surface area (Å²) < 4.78 is 1.59. The van der Waals surface area contributed by atoms with Gasteiger partial charge in [0, 0.05) is 6.04 Å². The number of carbonyl (C=O) groups is 1. The van der Waals surface area contributed by atoms with Gasteiger partial charge < -0.3 is 5.32 Å². The fourth-order valence-electron chi connectivity index (χ4n) is 2.73. The Hall–Kier alpha value is -2.60. The van der Waals surface area contributed by atoms with Crippen molar-refractivity contribution >= 4 is 28.6 Å². The van der Waals surface area contributed by atoms with Gasteiger partial charge in [-0.2, -0.15) is 0 Å². The molecule has 1 heterocycles. The quantitative estimate of drug-likeness (QED) is 0.541. The van der Waals surface area contributed by atoms with E-state index in [-0.39, 0.29) is 22.8 Å². The van der Waals surface area contributed by atoms with Crippen LogP contribution in [0.15, 0.2) is 58.5 Å². The summed E-state index contributed by atoms with van der Waals surface area (Å²) in [6.45, 7) is 7.67. The van der Waals surface area contributed by atoms with Crippen LogP contribution in [-0.4, -0.2) is 26.8 Å². The number of nitrogens with one attached hydrogen (secondary N) is 1. The molecular formula is C21H23N3O2S. The van der Waals surface area contributed by atoms with Crippen LogP contribution in [0.4, 0.5) is 0 Å². The zero-order valence-electron chi connectivity index (χ0n) is 15.9. The van der Waals surface area contributed by atoms with Gasteiger partial charge in [-0.15, -0.1) is 0 Å². The number of benzene rings is 2. The molecule has 6 heteroatoms. The molecule has 0 radical (unpaired) electrons. The average molecular weight is 382 g/mol. The van der Waals surface area contributed by atoms with E-state index in [2.05, 4.69) is 10.3 Å². The predicted molar refractivity (Wildman–Crippen MR) is 111 cm³/mol. The summed E-state index contributed by atoms with van der Waals surface area (Å²) in [5.41, 5.74) is 2.34. The summed E-state index contributed by atoms with van der Waals surface area (Å²) in [6, 6.07) is 15.1. The molecule has 0 fully saturated rings. The smallest absolute Gasteiger partial charge is 0.266 e. The SMILES string of the molecule is Cc1ccc(-n2c(SC(C)C(=O)NC(C)C)nc3ccccc3c2=O)cc1. The zero-order chi connectivity index (χ0) is 19.6. The molecule has 5 nitrogen and oxygen atoms in total. The van der Waals surface area contributed by atoms with E-state index in [0.29, 0.717) is 16.1 Å². The van der Waals surface area contributed by atoms with E-state index in [4.69, 9.17) is 0 Å². The first-order chi connectivity index (χ1) is 12.9.